The maximum Gasteiger partial charge on any atom is 0.419 e. The minimum atomic E-state index is -3.24. The Morgan fingerprint density at radius 3 is 2.67 bits per heavy atom. The van der Waals surface area contributed by atoms with Gasteiger partial charge in [0.15, 0.2) is 9.84 Å². The van der Waals surface area contributed by atoms with Gasteiger partial charge < -0.3 is 10.1 Å². The molecule has 1 aromatic heterocycles. The molecule has 1 fully saturated rings. The van der Waals surface area contributed by atoms with Gasteiger partial charge in [-0.3, -0.25) is 4.57 Å². The second kappa shape index (κ2) is 5.89. The highest BCUT2D eigenvalue weighted by Gasteiger charge is 2.33. The predicted octanol–water partition coefficient (Wildman–Crippen LogP) is 2.48. The molecule has 24 heavy (non-hydrogen) atoms. The molecule has 1 aliphatic rings. The van der Waals surface area contributed by atoms with Gasteiger partial charge in [-0.05, 0) is 32.4 Å². The number of carbonyl (C=O) groups is 1. The number of hydrogen-bond donors (Lipinski definition) is 1. The van der Waals surface area contributed by atoms with Gasteiger partial charge in [0.2, 0.25) is 0 Å². The predicted molar refractivity (Wildman–Crippen MR) is 93.0 cm³/mol. The number of ether oxygens (including phenoxy) is 1. The molecule has 3 rings (SSSR count). The van der Waals surface area contributed by atoms with E-state index < -0.39 is 26.8 Å². The maximum atomic E-state index is 12.5. The standard InChI is InChI=1S/C17H22N2O4S/c1-17(2,3)23-16(20)19-11-13(12-6-4-5-7-14(12)19)15-10-18-8-9-24(15,21)22/h4-7,11,15,18H,8-10H2,1-3H3. The van der Waals surface area contributed by atoms with Crippen LogP contribution in [-0.4, -0.2) is 43.5 Å². The van der Waals surface area contributed by atoms with Crippen LogP contribution < -0.4 is 5.32 Å². The lowest BCUT2D eigenvalue weighted by molar-refractivity contribution is 0.0544. The summed E-state index contributed by atoms with van der Waals surface area (Å²) in [5, 5.41) is 3.24. The van der Waals surface area contributed by atoms with Crippen LogP contribution in [0, 0.1) is 0 Å². The molecule has 0 amide bonds. The Kier molecular flexibility index (Phi) is 4.17. The number of hydrogen-bond acceptors (Lipinski definition) is 5. The van der Waals surface area contributed by atoms with Gasteiger partial charge in [0, 0.05) is 24.7 Å². The average molecular weight is 350 g/mol. The minimum Gasteiger partial charge on any atom is -0.443 e. The molecule has 0 radical (unpaired) electrons. The molecule has 0 spiro atoms. The molecule has 1 unspecified atom stereocenters. The smallest absolute Gasteiger partial charge is 0.419 e. The summed E-state index contributed by atoms with van der Waals surface area (Å²) in [6.07, 6.45) is 1.10. The largest absolute Gasteiger partial charge is 0.443 e. The van der Waals surface area contributed by atoms with Crippen molar-refractivity contribution in [1.29, 1.82) is 0 Å². The van der Waals surface area contributed by atoms with Crippen LogP contribution in [0.4, 0.5) is 4.79 Å². The van der Waals surface area contributed by atoms with Gasteiger partial charge in [-0.15, -0.1) is 0 Å². The van der Waals surface area contributed by atoms with Crippen molar-refractivity contribution in [3.63, 3.8) is 0 Å². The Hall–Kier alpha value is -1.86. The summed E-state index contributed by atoms with van der Waals surface area (Å²) in [5.41, 5.74) is 0.673. The summed E-state index contributed by atoms with van der Waals surface area (Å²) in [5.74, 6) is 0.101. The third-order valence-electron chi connectivity index (χ3n) is 4.01. The van der Waals surface area contributed by atoms with E-state index in [2.05, 4.69) is 5.32 Å². The van der Waals surface area contributed by atoms with E-state index in [1.165, 1.54) is 4.57 Å². The summed E-state index contributed by atoms with van der Waals surface area (Å²) in [7, 11) is -3.24. The van der Waals surface area contributed by atoms with E-state index in [9.17, 15) is 13.2 Å². The summed E-state index contributed by atoms with van der Waals surface area (Å²) >= 11 is 0. The number of fused-ring (bicyclic) bond motifs is 1. The van der Waals surface area contributed by atoms with Crippen molar-refractivity contribution in [1.82, 2.24) is 9.88 Å². The Labute approximate surface area is 141 Å². The number of carbonyl (C=O) groups excluding carboxylic acids is 1. The molecule has 6 nitrogen and oxygen atoms in total. The van der Waals surface area contributed by atoms with E-state index in [-0.39, 0.29) is 5.75 Å². The maximum absolute atomic E-state index is 12.5. The monoisotopic (exact) mass is 350 g/mol. The van der Waals surface area contributed by atoms with Crippen LogP contribution in [0.3, 0.4) is 0 Å². The average Bonchev–Trinajstić information content (AvgIpc) is 2.85. The van der Waals surface area contributed by atoms with Crippen molar-refractivity contribution < 1.29 is 17.9 Å². The minimum absolute atomic E-state index is 0.101. The zero-order valence-corrected chi connectivity index (χ0v) is 14.9. The van der Waals surface area contributed by atoms with Gasteiger partial charge in [-0.25, -0.2) is 13.2 Å². The van der Waals surface area contributed by atoms with Gasteiger partial charge >= 0.3 is 6.09 Å². The van der Waals surface area contributed by atoms with Gasteiger partial charge in [-0.2, -0.15) is 0 Å². The summed E-state index contributed by atoms with van der Waals surface area (Å²) < 4.78 is 31.8. The van der Waals surface area contributed by atoms with Gasteiger partial charge in [0.25, 0.3) is 0 Å². The Morgan fingerprint density at radius 2 is 2.00 bits per heavy atom. The number of rotatable bonds is 1. The molecule has 1 saturated heterocycles. The summed E-state index contributed by atoms with van der Waals surface area (Å²) in [4.78, 5) is 12.5. The van der Waals surface area contributed by atoms with Crippen molar-refractivity contribution in [3.8, 4) is 0 Å². The normalized spacial score (nSPS) is 20.9. The fourth-order valence-electron chi connectivity index (χ4n) is 2.94. The van der Waals surface area contributed by atoms with Crippen molar-refractivity contribution in [2.45, 2.75) is 31.6 Å². The molecule has 7 heteroatoms. The van der Waals surface area contributed by atoms with Gasteiger partial charge in [-0.1, -0.05) is 18.2 Å². The number of aromatic nitrogens is 1. The SMILES string of the molecule is CC(C)(C)OC(=O)n1cc(C2CNCCS2(=O)=O)c2ccccc21. The van der Waals surface area contributed by atoms with Crippen LogP contribution in [0.5, 0.6) is 0 Å². The first-order valence-electron chi connectivity index (χ1n) is 7.95. The van der Waals surface area contributed by atoms with Crippen LogP contribution in [-0.2, 0) is 14.6 Å². The molecule has 2 aromatic rings. The first-order valence-corrected chi connectivity index (χ1v) is 9.66. The number of para-hydroxylation sites is 1. The van der Waals surface area contributed by atoms with Crippen molar-refractivity contribution in [3.05, 3.63) is 36.0 Å². The lowest BCUT2D eigenvalue weighted by Gasteiger charge is -2.23. The van der Waals surface area contributed by atoms with Gasteiger partial charge in [0.05, 0.1) is 11.3 Å². The lowest BCUT2D eigenvalue weighted by atomic mass is 10.1. The number of benzene rings is 1. The highest BCUT2D eigenvalue weighted by atomic mass is 32.2. The molecule has 1 N–H and O–H groups in total. The van der Waals surface area contributed by atoms with E-state index >= 15 is 0 Å². The molecule has 1 atom stereocenters. The number of nitrogens with zero attached hydrogens (tertiary/aromatic N) is 1. The molecule has 0 saturated carbocycles. The van der Waals surface area contributed by atoms with E-state index in [1.54, 1.807) is 33.0 Å². The zero-order chi connectivity index (χ0) is 17.5. The van der Waals surface area contributed by atoms with Crippen LogP contribution in [0.25, 0.3) is 10.9 Å². The zero-order valence-electron chi connectivity index (χ0n) is 14.1. The quantitative estimate of drug-likeness (QED) is 0.855. The fourth-order valence-corrected chi connectivity index (χ4v) is 4.60. The molecule has 130 valence electrons. The highest BCUT2D eigenvalue weighted by molar-refractivity contribution is 7.91. The van der Waals surface area contributed by atoms with Crippen molar-refractivity contribution in [2.24, 2.45) is 0 Å². The van der Waals surface area contributed by atoms with E-state index in [4.69, 9.17) is 4.74 Å². The fraction of sp³-hybridized carbons (Fsp3) is 0.471. The second-order valence-corrected chi connectivity index (χ2v) is 9.31. The van der Waals surface area contributed by atoms with E-state index in [1.807, 2.05) is 18.2 Å². The topological polar surface area (TPSA) is 77.4 Å². The first-order chi connectivity index (χ1) is 11.2. The van der Waals surface area contributed by atoms with Crippen LogP contribution >= 0.6 is 0 Å². The van der Waals surface area contributed by atoms with Crippen LogP contribution in [0.2, 0.25) is 0 Å². The molecular weight excluding hydrogens is 328 g/mol. The van der Waals surface area contributed by atoms with Crippen molar-refractivity contribution >= 4 is 26.8 Å². The van der Waals surface area contributed by atoms with Crippen LogP contribution in [0.15, 0.2) is 30.5 Å². The molecule has 0 aliphatic carbocycles. The van der Waals surface area contributed by atoms with Crippen molar-refractivity contribution in [2.75, 3.05) is 18.8 Å². The highest BCUT2D eigenvalue weighted by Crippen LogP contribution is 2.33. The Morgan fingerprint density at radius 1 is 1.29 bits per heavy atom. The molecule has 0 bridgehead atoms. The third-order valence-corrected chi connectivity index (χ3v) is 6.07. The molecule has 1 aromatic carbocycles. The van der Waals surface area contributed by atoms with E-state index in [0.29, 0.717) is 24.2 Å². The second-order valence-electron chi connectivity index (χ2n) is 7.01. The van der Waals surface area contributed by atoms with Gasteiger partial charge in [0.1, 0.15) is 10.9 Å². The summed E-state index contributed by atoms with van der Waals surface area (Å²) in [6, 6.07) is 7.30. The first kappa shape index (κ1) is 17.0. The van der Waals surface area contributed by atoms with Crippen LogP contribution in [0.1, 0.15) is 31.6 Å². The van der Waals surface area contributed by atoms with E-state index in [0.717, 1.165) is 5.39 Å². The third kappa shape index (κ3) is 3.18. The molecule has 2 heterocycles. The Balaban J connectivity index is 2.12. The number of nitrogens with one attached hydrogen (secondary N) is 1. The Bertz CT molecular complexity index is 878. The summed E-state index contributed by atoms with van der Waals surface area (Å²) in [6.45, 7) is 6.21. The number of sulfone groups is 1. The molecular formula is C17H22N2O4S. The lowest BCUT2D eigenvalue weighted by Crippen LogP contribution is -2.38. The molecule has 1 aliphatic heterocycles.